The van der Waals surface area contributed by atoms with Crippen LogP contribution in [0.4, 0.5) is 0 Å². The Labute approximate surface area is 386 Å². The van der Waals surface area contributed by atoms with Crippen molar-refractivity contribution in [1.29, 1.82) is 0 Å². The number of carbonyl (C=O) groups excluding carboxylic acids is 3. The third kappa shape index (κ3) is 6.53. The fourth-order valence-electron chi connectivity index (χ4n) is 14.6. The van der Waals surface area contributed by atoms with Gasteiger partial charge in [-0.1, -0.05) is 73.6 Å². The van der Waals surface area contributed by atoms with Crippen LogP contribution < -0.4 is 0 Å². The molecule has 9 rings (SSSR count). The van der Waals surface area contributed by atoms with Crippen LogP contribution in [0.3, 0.4) is 0 Å². The van der Waals surface area contributed by atoms with Gasteiger partial charge in [0.2, 0.25) is 5.60 Å². The number of likely N-dealkylation sites (tertiary alicyclic amines) is 1. The van der Waals surface area contributed by atoms with Crippen molar-refractivity contribution < 1.29 is 43.5 Å². The predicted octanol–water partition coefficient (Wildman–Crippen LogP) is 6.21. The average molecular weight is 918 g/mol. The topological polar surface area (TPSA) is 138 Å². The summed E-state index contributed by atoms with van der Waals surface area (Å²) in [5.41, 5.74) is 0.135. The summed E-state index contributed by atoms with van der Waals surface area (Å²) in [6, 6.07) is 5.58. The Morgan fingerprint density at radius 1 is 0.984 bits per heavy atom. The minimum Gasteiger partial charge on any atom is -0.468 e. The van der Waals surface area contributed by atoms with Crippen molar-refractivity contribution in [1.82, 2.24) is 14.7 Å². The summed E-state index contributed by atoms with van der Waals surface area (Å²) in [4.78, 5) is 51.2. The van der Waals surface area contributed by atoms with Gasteiger partial charge in [0.25, 0.3) is 0 Å². The smallest absolute Gasteiger partial charge is 0.344 e. The molecule has 0 radical (unpaired) electrons. The Hall–Kier alpha value is -3.11. The van der Waals surface area contributed by atoms with Gasteiger partial charge in [-0.3, -0.25) is 19.4 Å². The highest BCUT2D eigenvalue weighted by Crippen LogP contribution is 2.71. The van der Waals surface area contributed by atoms with Crippen molar-refractivity contribution in [2.24, 2.45) is 28.1 Å². The molecule has 0 aromatic heterocycles. The van der Waals surface area contributed by atoms with Crippen LogP contribution in [-0.4, -0.2) is 145 Å². The van der Waals surface area contributed by atoms with E-state index < -0.39 is 63.6 Å². The van der Waals surface area contributed by atoms with E-state index in [-0.39, 0.29) is 17.9 Å². The summed E-state index contributed by atoms with van der Waals surface area (Å²) in [6.07, 6.45) is 10.7. The number of benzene rings is 1. The fraction of sp³-hybridized carbons (Fsp3) is 0.660. The molecule has 3 unspecified atom stereocenters. The second kappa shape index (κ2) is 16.6. The van der Waals surface area contributed by atoms with Crippen molar-refractivity contribution >= 4 is 45.1 Å². The number of aliphatic hydroxyl groups is 2. The van der Waals surface area contributed by atoms with Gasteiger partial charge in [-0.15, -0.1) is 0 Å². The van der Waals surface area contributed by atoms with E-state index in [9.17, 15) is 19.8 Å². The molecule has 5 heterocycles. The standard InChI is InChI=1S/C50H67N3O9S2/c1-10-46(57)25-31-26-49(44(55)60-8,36-21-32-13-14-33(64-63-29(3)4)22-35(32)34(36)15-19-52(27-31)28-46)38-23-37-39(24-40(38)59-7)51(6)42-48(37)17-20-53-18-12-16-47(11-2,41(48)53)43(62-30(5)54)50(42,58)45(56)61-9/h12-14,16,22-24,29,31,38,40-43,57-58H,10-11,15,17-21,25-28H2,1-9H3/t31-,38?,40?,41+,42-,43-,46+,47-,48-,49-,50+/m1/s1. The Balaban J connectivity index is 1.30. The average Bonchev–Trinajstić information content (AvgIpc) is 3.94. The normalized spacial score (nSPS) is 39.6. The minimum atomic E-state index is -2.28. The molecular weight excluding hydrogens is 851 g/mol. The molecule has 0 amide bonds. The van der Waals surface area contributed by atoms with Gasteiger partial charge in [0.05, 0.1) is 37.4 Å². The highest BCUT2D eigenvalue weighted by atomic mass is 33.1. The first kappa shape index (κ1) is 46.0. The van der Waals surface area contributed by atoms with Gasteiger partial charge in [0.1, 0.15) is 0 Å². The monoisotopic (exact) mass is 917 g/mol. The third-order valence-corrected chi connectivity index (χ3v) is 19.7. The van der Waals surface area contributed by atoms with E-state index in [0.29, 0.717) is 69.8 Å². The Morgan fingerprint density at radius 3 is 2.42 bits per heavy atom. The Morgan fingerprint density at radius 2 is 1.75 bits per heavy atom. The molecule has 2 N–H and O–H groups in total. The number of methoxy groups -OCH3 is 3. The van der Waals surface area contributed by atoms with Crippen molar-refractivity contribution in [3.8, 4) is 0 Å². The molecule has 1 spiro atoms. The van der Waals surface area contributed by atoms with Gasteiger partial charge >= 0.3 is 17.9 Å². The summed E-state index contributed by atoms with van der Waals surface area (Å²) in [5, 5.41) is 26.0. The molecule has 3 saturated heterocycles. The fourth-order valence-corrected chi connectivity index (χ4v) is 16.4. The summed E-state index contributed by atoms with van der Waals surface area (Å²) in [6.45, 7) is 13.2. The van der Waals surface area contributed by atoms with Crippen LogP contribution in [0.5, 0.6) is 0 Å². The van der Waals surface area contributed by atoms with Crippen molar-refractivity contribution in [2.75, 3.05) is 61.1 Å². The van der Waals surface area contributed by atoms with Gasteiger partial charge in [-0.05, 0) is 103 Å². The van der Waals surface area contributed by atoms with Crippen LogP contribution in [-0.2, 0) is 39.8 Å². The molecular formula is C50H67N3O9S2. The maximum atomic E-state index is 15.6. The second-order valence-corrected chi connectivity index (χ2v) is 23.1. The number of allylic oxidation sites excluding steroid dienone is 1. The van der Waals surface area contributed by atoms with Crippen LogP contribution in [0.1, 0.15) is 84.3 Å². The van der Waals surface area contributed by atoms with E-state index in [0.717, 1.165) is 29.9 Å². The number of piperidine rings is 1. The van der Waals surface area contributed by atoms with Crippen molar-refractivity contribution in [3.05, 3.63) is 70.5 Å². The van der Waals surface area contributed by atoms with E-state index in [1.54, 1.807) is 17.9 Å². The largest absolute Gasteiger partial charge is 0.468 e. The van der Waals surface area contributed by atoms with Gasteiger partial charge < -0.3 is 34.1 Å². The number of likely N-dealkylation sites (N-methyl/N-ethyl adjacent to an activating group) is 1. The lowest BCUT2D eigenvalue weighted by Gasteiger charge is -2.63. The van der Waals surface area contributed by atoms with Crippen LogP contribution in [0, 0.1) is 28.1 Å². The summed E-state index contributed by atoms with van der Waals surface area (Å²) >= 11 is 0. The van der Waals surface area contributed by atoms with E-state index in [2.05, 4.69) is 73.1 Å². The molecule has 14 heteroatoms. The zero-order chi connectivity index (χ0) is 45.7. The maximum absolute atomic E-state index is 15.6. The number of ether oxygens (including phenoxy) is 4. The number of hydrogen-bond donors (Lipinski definition) is 2. The van der Waals surface area contributed by atoms with E-state index in [1.165, 1.54) is 42.7 Å². The quantitative estimate of drug-likeness (QED) is 0.119. The number of carbonyl (C=O) groups is 3. The molecule has 5 aliphatic heterocycles. The Bertz CT molecular complexity index is 2230. The molecule has 8 aliphatic rings. The summed E-state index contributed by atoms with van der Waals surface area (Å²) < 4.78 is 24.4. The second-order valence-electron chi connectivity index (χ2n) is 20.2. The van der Waals surface area contributed by atoms with Gasteiger partial charge in [-0.25, -0.2) is 4.79 Å². The van der Waals surface area contributed by atoms with E-state index >= 15 is 4.79 Å². The maximum Gasteiger partial charge on any atom is 0.344 e. The van der Waals surface area contributed by atoms with E-state index in [4.69, 9.17) is 18.9 Å². The highest BCUT2D eigenvalue weighted by Gasteiger charge is 2.81. The molecule has 348 valence electrons. The minimum absolute atomic E-state index is 0.0397. The number of fused-ring (bicyclic) bond motifs is 5. The summed E-state index contributed by atoms with van der Waals surface area (Å²) in [7, 11) is 9.98. The SMILES string of the molecule is CC[C@]1(O)C[C@H]2CN(CCC3=C(Cc4ccc(SSC(C)C)cc43)[C@@](C(=O)OC)(C3C=C4C(=CC3OC)N(C)[C@H]3[C@@](O)(C(=O)OC)[C@H](OC(C)=O)[C@]5(CC)C=CCN6CC[C@]43[C@@H]65)C2)C1. The van der Waals surface area contributed by atoms with Gasteiger partial charge in [0.15, 0.2) is 6.10 Å². The molecule has 1 aromatic carbocycles. The molecule has 1 saturated carbocycles. The van der Waals surface area contributed by atoms with Gasteiger partial charge in [-0.2, -0.15) is 0 Å². The molecule has 4 fully saturated rings. The number of esters is 3. The molecule has 1 aromatic rings. The van der Waals surface area contributed by atoms with E-state index in [1.807, 2.05) is 29.7 Å². The van der Waals surface area contributed by atoms with Crippen LogP contribution in [0.15, 0.2) is 64.2 Å². The third-order valence-electron chi connectivity index (χ3n) is 16.8. The zero-order valence-electron chi connectivity index (χ0n) is 39.0. The number of hydrogen-bond acceptors (Lipinski definition) is 14. The lowest BCUT2D eigenvalue weighted by molar-refractivity contribution is -0.243. The first-order chi connectivity index (χ1) is 30.5. The molecule has 2 bridgehead atoms. The predicted molar refractivity (Wildman–Crippen MR) is 248 cm³/mol. The first-order valence-electron chi connectivity index (χ1n) is 23.3. The number of nitrogens with zero attached hydrogens (tertiary/aromatic N) is 3. The lowest BCUT2D eigenvalue weighted by Crippen LogP contribution is -2.79. The molecule has 12 atom stereocenters. The van der Waals surface area contributed by atoms with Crippen LogP contribution in [0.2, 0.25) is 0 Å². The zero-order valence-corrected chi connectivity index (χ0v) is 40.6. The molecule has 3 aliphatic carbocycles. The van der Waals surface area contributed by atoms with Gasteiger partial charge in [0, 0.05) is 85.9 Å². The van der Waals surface area contributed by atoms with Crippen LogP contribution >= 0.6 is 21.6 Å². The van der Waals surface area contributed by atoms with Crippen molar-refractivity contribution in [3.63, 3.8) is 0 Å². The highest BCUT2D eigenvalue weighted by molar-refractivity contribution is 8.76. The number of rotatable bonds is 10. The van der Waals surface area contributed by atoms with Crippen molar-refractivity contribution in [2.45, 2.75) is 125 Å². The Kier molecular flexibility index (Phi) is 11.9. The first-order valence-corrected chi connectivity index (χ1v) is 25.5. The molecule has 64 heavy (non-hydrogen) atoms. The van der Waals surface area contributed by atoms with Crippen LogP contribution in [0.25, 0.3) is 5.57 Å². The summed E-state index contributed by atoms with van der Waals surface area (Å²) in [5.74, 6) is -2.37. The lowest BCUT2D eigenvalue weighted by atomic mass is 9.47. The molecule has 12 nitrogen and oxygen atoms in total.